The van der Waals surface area contributed by atoms with E-state index in [0.29, 0.717) is 6.04 Å². The maximum atomic E-state index is 5.57. The number of nitrogens with one attached hydrogen (secondary N) is 1. The Morgan fingerprint density at radius 1 is 1.55 bits per heavy atom. The minimum Gasteiger partial charge on any atom is -0.380 e. The SMILES string of the molecule is CCOCCNC(C)CCCl. The van der Waals surface area contributed by atoms with Crippen LogP contribution in [-0.4, -0.2) is 31.7 Å². The number of alkyl halides is 1. The molecule has 0 spiro atoms. The second kappa shape index (κ2) is 8.31. The van der Waals surface area contributed by atoms with Crippen LogP contribution in [0.3, 0.4) is 0 Å². The van der Waals surface area contributed by atoms with Crippen molar-refractivity contribution in [3.05, 3.63) is 0 Å². The van der Waals surface area contributed by atoms with Crippen molar-refractivity contribution in [2.75, 3.05) is 25.6 Å². The van der Waals surface area contributed by atoms with Crippen LogP contribution >= 0.6 is 11.6 Å². The topological polar surface area (TPSA) is 21.3 Å². The number of ether oxygens (including phenoxy) is 1. The summed E-state index contributed by atoms with van der Waals surface area (Å²) in [6.45, 7) is 6.65. The van der Waals surface area contributed by atoms with E-state index >= 15 is 0 Å². The smallest absolute Gasteiger partial charge is 0.0590 e. The van der Waals surface area contributed by atoms with Gasteiger partial charge in [0.05, 0.1) is 6.61 Å². The first-order valence-corrected chi connectivity index (χ1v) is 4.71. The van der Waals surface area contributed by atoms with Crippen LogP contribution in [-0.2, 0) is 4.74 Å². The fraction of sp³-hybridized carbons (Fsp3) is 1.00. The molecule has 0 aromatic rings. The van der Waals surface area contributed by atoms with E-state index in [0.717, 1.165) is 32.1 Å². The lowest BCUT2D eigenvalue weighted by Crippen LogP contribution is -2.29. The lowest BCUT2D eigenvalue weighted by atomic mass is 10.2. The van der Waals surface area contributed by atoms with Gasteiger partial charge in [-0.1, -0.05) is 0 Å². The molecule has 2 nitrogen and oxygen atoms in total. The second-order valence-electron chi connectivity index (χ2n) is 2.53. The average Bonchev–Trinajstić information content (AvgIpc) is 1.99. The van der Waals surface area contributed by atoms with Crippen LogP contribution in [0.2, 0.25) is 0 Å². The van der Waals surface area contributed by atoms with E-state index < -0.39 is 0 Å². The van der Waals surface area contributed by atoms with Crippen molar-refractivity contribution < 1.29 is 4.74 Å². The van der Waals surface area contributed by atoms with Gasteiger partial charge in [0.1, 0.15) is 0 Å². The molecule has 0 aromatic heterocycles. The zero-order valence-electron chi connectivity index (χ0n) is 7.40. The standard InChI is InChI=1S/C8H18ClNO/c1-3-11-7-6-10-8(2)4-5-9/h8,10H,3-7H2,1-2H3. The van der Waals surface area contributed by atoms with Crippen molar-refractivity contribution >= 4 is 11.6 Å². The van der Waals surface area contributed by atoms with Gasteiger partial charge < -0.3 is 10.1 Å². The van der Waals surface area contributed by atoms with Crippen molar-refractivity contribution in [3.63, 3.8) is 0 Å². The molecule has 1 unspecified atom stereocenters. The molecule has 0 aliphatic heterocycles. The highest BCUT2D eigenvalue weighted by Crippen LogP contribution is 1.91. The van der Waals surface area contributed by atoms with E-state index in [1.165, 1.54) is 0 Å². The Morgan fingerprint density at radius 2 is 2.27 bits per heavy atom. The summed E-state index contributed by atoms with van der Waals surface area (Å²) in [5, 5.41) is 3.31. The van der Waals surface area contributed by atoms with Gasteiger partial charge in [0.2, 0.25) is 0 Å². The first-order chi connectivity index (χ1) is 5.31. The largest absolute Gasteiger partial charge is 0.380 e. The Morgan fingerprint density at radius 3 is 2.82 bits per heavy atom. The van der Waals surface area contributed by atoms with Crippen LogP contribution in [0.1, 0.15) is 20.3 Å². The zero-order chi connectivity index (χ0) is 8.53. The van der Waals surface area contributed by atoms with E-state index in [1.54, 1.807) is 0 Å². The molecular weight excluding hydrogens is 162 g/mol. The lowest BCUT2D eigenvalue weighted by molar-refractivity contribution is 0.147. The lowest BCUT2D eigenvalue weighted by Gasteiger charge is -2.11. The molecule has 11 heavy (non-hydrogen) atoms. The fourth-order valence-corrected chi connectivity index (χ4v) is 1.11. The summed E-state index contributed by atoms with van der Waals surface area (Å²) in [6.07, 6.45) is 1.02. The van der Waals surface area contributed by atoms with Gasteiger partial charge in [0, 0.05) is 25.1 Å². The van der Waals surface area contributed by atoms with Gasteiger partial charge in [0.25, 0.3) is 0 Å². The first-order valence-electron chi connectivity index (χ1n) is 4.18. The normalized spacial score (nSPS) is 13.4. The van der Waals surface area contributed by atoms with E-state index in [4.69, 9.17) is 16.3 Å². The quantitative estimate of drug-likeness (QED) is 0.474. The highest BCUT2D eigenvalue weighted by atomic mass is 35.5. The maximum absolute atomic E-state index is 5.57. The van der Waals surface area contributed by atoms with Gasteiger partial charge in [-0.05, 0) is 20.3 Å². The fourth-order valence-electron chi connectivity index (χ4n) is 0.788. The molecule has 1 atom stereocenters. The molecule has 0 aliphatic rings. The van der Waals surface area contributed by atoms with Crippen LogP contribution in [0, 0.1) is 0 Å². The molecule has 0 amide bonds. The van der Waals surface area contributed by atoms with Gasteiger partial charge >= 0.3 is 0 Å². The molecule has 1 N–H and O–H groups in total. The van der Waals surface area contributed by atoms with Gasteiger partial charge in [0.15, 0.2) is 0 Å². The van der Waals surface area contributed by atoms with E-state index in [2.05, 4.69) is 12.2 Å². The molecule has 0 bridgehead atoms. The van der Waals surface area contributed by atoms with Gasteiger partial charge in [-0.25, -0.2) is 0 Å². The highest BCUT2D eigenvalue weighted by molar-refractivity contribution is 6.17. The minimum absolute atomic E-state index is 0.507. The molecule has 0 radical (unpaired) electrons. The van der Waals surface area contributed by atoms with Crippen molar-refractivity contribution in [1.82, 2.24) is 5.32 Å². The Bertz CT molecular complexity index is 80.5. The van der Waals surface area contributed by atoms with E-state index in [1.807, 2.05) is 6.92 Å². The molecule has 68 valence electrons. The Kier molecular flexibility index (Phi) is 8.47. The zero-order valence-corrected chi connectivity index (χ0v) is 8.16. The summed E-state index contributed by atoms with van der Waals surface area (Å²) in [7, 11) is 0. The predicted octanol–water partition coefficient (Wildman–Crippen LogP) is 1.63. The molecular formula is C8H18ClNO. The average molecular weight is 180 g/mol. The van der Waals surface area contributed by atoms with Gasteiger partial charge in [-0.15, -0.1) is 11.6 Å². The van der Waals surface area contributed by atoms with E-state index in [9.17, 15) is 0 Å². The monoisotopic (exact) mass is 179 g/mol. The summed E-state index contributed by atoms with van der Waals surface area (Å²) in [5.74, 6) is 0.725. The van der Waals surface area contributed by atoms with Gasteiger partial charge in [-0.3, -0.25) is 0 Å². The van der Waals surface area contributed by atoms with E-state index in [-0.39, 0.29) is 0 Å². The number of hydrogen-bond acceptors (Lipinski definition) is 2. The minimum atomic E-state index is 0.507. The third kappa shape index (κ3) is 8.11. The summed E-state index contributed by atoms with van der Waals surface area (Å²) in [6, 6.07) is 0.507. The molecule has 0 saturated heterocycles. The number of hydrogen-bond donors (Lipinski definition) is 1. The Hall–Kier alpha value is 0.210. The Balaban J connectivity index is 2.97. The summed E-state index contributed by atoms with van der Waals surface area (Å²) in [4.78, 5) is 0. The summed E-state index contributed by atoms with van der Waals surface area (Å²) in [5.41, 5.74) is 0. The van der Waals surface area contributed by atoms with Crippen LogP contribution in [0.4, 0.5) is 0 Å². The third-order valence-electron chi connectivity index (χ3n) is 1.49. The summed E-state index contributed by atoms with van der Waals surface area (Å²) >= 11 is 5.57. The number of halogens is 1. The third-order valence-corrected chi connectivity index (χ3v) is 1.70. The van der Waals surface area contributed by atoms with Crippen LogP contribution in [0.25, 0.3) is 0 Å². The molecule has 0 rings (SSSR count). The highest BCUT2D eigenvalue weighted by Gasteiger charge is 1.97. The molecule has 0 heterocycles. The van der Waals surface area contributed by atoms with Crippen molar-refractivity contribution in [1.29, 1.82) is 0 Å². The number of rotatable bonds is 7. The first kappa shape index (κ1) is 11.2. The van der Waals surface area contributed by atoms with Crippen LogP contribution in [0.5, 0.6) is 0 Å². The predicted molar refractivity (Wildman–Crippen MR) is 49.3 cm³/mol. The van der Waals surface area contributed by atoms with Gasteiger partial charge in [-0.2, -0.15) is 0 Å². The summed E-state index contributed by atoms with van der Waals surface area (Å²) < 4.78 is 5.17. The molecule has 0 fully saturated rings. The Labute approximate surface area is 74.3 Å². The van der Waals surface area contributed by atoms with Crippen LogP contribution < -0.4 is 5.32 Å². The maximum Gasteiger partial charge on any atom is 0.0590 e. The van der Waals surface area contributed by atoms with Crippen LogP contribution in [0.15, 0.2) is 0 Å². The molecule has 3 heteroatoms. The molecule has 0 aromatic carbocycles. The van der Waals surface area contributed by atoms with Crippen molar-refractivity contribution in [2.24, 2.45) is 0 Å². The van der Waals surface area contributed by atoms with Crippen molar-refractivity contribution in [2.45, 2.75) is 26.3 Å². The van der Waals surface area contributed by atoms with Crippen molar-refractivity contribution in [3.8, 4) is 0 Å². The molecule has 0 aliphatic carbocycles. The second-order valence-corrected chi connectivity index (χ2v) is 2.91. The molecule has 0 saturated carbocycles.